The number of nitrogens with one attached hydrogen (secondary N) is 1. The number of aliphatic hydroxyl groups is 1. The third-order valence-electron chi connectivity index (χ3n) is 4.36. The van der Waals surface area contributed by atoms with Gasteiger partial charge in [-0.25, -0.2) is 9.37 Å². The van der Waals surface area contributed by atoms with E-state index in [0.29, 0.717) is 18.0 Å². The van der Waals surface area contributed by atoms with E-state index >= 15 is 0 Å². The number of aromatic nitrogens is 1. The summed E-state index contributed by atoms with van der Waals surface area (Å²) in [5.41, 5.74) is 2.00. The van der Waals surface area contributed by atoms with Crippen molar-refractivity contribution < 1.29 is 9.50 Å². The number of hydrogen-bond acceptors (Lipinski definition) is 3. The van der Waals surface area contributed by atoms with Crippen LogP contribution in [0.2, 0.25) is 0 Å². The Hall–Kier alpha value is -1.68. The summed E-state index contributed by atoms with van der Waals surface area (Å²) >= 11 is 0. The van der Waals surface area contributed by atoms with Crippen molar-refractivity contribution in [3.05, 3.63) is 35.8 Å². The van der Waals surface area contributed by atoms with Crippen molar-refractivity contribution in [1.82, 2.24) is 4.98 Å². The highest BCUT2D eigenvalue weighted by atomic mass is 19.1. The van der Waals surface area contributed by atoms with Gasteiger partial charge in [0.1, 0.15) is 11.3 Å². The number of aliphatic hydroxyl groups excluding tert-OH is 1. The molecular formula is C17H21FN2O. The normalized spacial score (nSPS) is 17.3. The van der Waals surface area contributed by atoms with Gasteiger partial charge in [0.2, 0.25) is 0 Å². The highest BCUT2D eigenvalue weighted by Crippen LogP contribution is 2.29. The summed E-state index contributed by atoms with van der Waals surface area (Å²) in [5, 5.41) is 14.3. The Labute approximate surface area is 124 Å². The Bertz CT molecular complexity index is 638. The number of para-hydroxylation sites is 1. The number of halogens is 1. The molecule has 1 aromatic carbocycles. The Morgan fingerprint density at radius 1 is 1.38 bits per heavy atom. The van der Waals surface area contributed by atoms with E-state index in [0.717, 1.165) is 29.6 Å². The molecule has 1 atom stereocenters. The van der Waals surface area contributed by atoms with E-state index < -0.39 is 0 Å². The van der Waals surface area contributed by atoms with Gasteiger partial charge in [-0.15, -0.1) is 0 Å². The number of rotatable bonds is 4. The van der Waals surface area contributed by atoms with Crippen molar-refractivity contribution in [3.63, 3.8) is 0 Å². The Morgan fingerprint density at radius 2 is 2.14 bits per heavy atom. The fourth-order valence-electron chi connectivity index (χ4n) is 3.21. The predicted molar refractivity (Wildman–Crippen MR) is 82.9 cm³/mol. The maximum absolute atomic E-state index is 13.9. The molecule has 0 saturated heterocycles. The maximum atomic E-state index is 13.9. The minimum Gasteiger partial charge on any atom is -0.391 e. The highest BCUT2D eigenvalue weighted by molar-refractivity contribution is 5.91. The van der Waals surface area contributed by atoms with Gasteiger partial charge in [0.25, 0.3) is 0 Å². The monoisotopic (exact) mass is 288 g/mol. The summed E-state index contributed by atoms with van der Waals surface area (Å²) in [6, 6.07) is 6.87. The van der Waals surface area contributed by atoms with Crippen molar-refractivity contribution >= 4 is 16.6 Å². The van der Waals surface area contributed by atoms with Crippen molar-refractivity contribution in [1.29, 1.82) is 0 Å². The summed E-state index contributed by atoms with van der Waals surface area (Å²) in [5.74, 6) is 0.0824. The van der Waals surface area contributed by atoms with Gasteiger partial charge < -0.3 is 10.4 Å². The van der Waals surface area contributed by atoms with Gasteiger partial charge in [-0.05, 0) is 37.8 Å². The molecule has 1 fully saturated rings. The molecule has 1 aliphatic carbocycles. The number of anilines is 1. The average Bonchev–Trinajstić information content (AvgIpc) is 3.00. The first-order valence-corrected chi connectivity index (χ1v) is 7.63. The van der Waals surface area contributed by atoms with Gasteiger partial charge in [-0.2, -0.15) is 0 Å². The van der Waals surface area contributed by atoms with Crippen molar-refractivity contribution in [2.75, 3.05) is 11.9 Å². The van der Waals surface area contributed by atoms with Gasteiger partial charge in [0.05, 0.1) is 6.10 Å². The first-order chi connectivity index (χ1) is 10.1. The van der Waals surface area contributed by atoms with Gasteiger partial charge >= 0.3 is 0 Å². The van der Waals surface area contributed by atoms with Gasteiger partial charge in [-0.3, -0.25) is 0 Å². The standard InChI is InChI=1S/C17H21FN2O/c1-11-9-15(13-7-4-8-14(18)17(13)20-11)19-10-16(21)12-5-2-3-6-12/h4,7-9,12,16,21H,2-3,5-6,10H2,1H3,(H,19,20). The molecule has 1 saturated carbocycles. The third kappa shape index (κ3) is 3.00. The second kappa shape index (κ2) is 5.98. The zero-order chi connectivity index (χ0) is 14.8. The van der Waals surface area contributed by atoms with Crippen LogP contribution >= 0.6 is 0 Å². The lowest BCUT2D eigenvalue weighted by Crippen LogP contribution is -2.26. The number of aryl methyl sites for hydroxylation is 1. The molecule has 0 amide bonds. The van der Waals surface area contributed by atoms with Crippen LogP contribution in [0.25, 0.3) is 10.9 Å². The Kier molecular flexibility index (Phi) is 4.06. The molecule has 21 heavy (non-hydrogen) atoms. The molecule has 3 rings (SSSR count). The molecule has 1 aliphatic rings. The van der Waals surface area contributed by atoms with Gasteiger partial charge in [0, 0.05) is 23.3 Å². The van der Waals surface area contributed by atoms with E-state index in [1.807, 2.05) is 19.1 Å². The molecule has 1 aromatic heterocycles. The smallest absolute Gasteiger partial charge is 0.149 e. The van der Waals surface area contributed by atoms with Gasteiger partial charge in [-0.1, -0.05) is 25.0 Å². The van der Waals surface area contributed by atoms with Gasteiger partial charge in [0.15, 0.2) is 0 Å². The lowest BCUT2D eigenvalue weighted by Gasteiger charge is -2.19. The molecule has 4 heteroatoms. The molecule has 1 unspecified atom stereocenters. The summed E-state index contributed by atoms with van der Waals surface area (Å²) in [7, 11) is 0. The SMILES string of the molecule is Cc1cc(NCC(O)C2CCCC2)c2cccc(F)c2n1. The van der Waals surface area contributed by atoms with E-state index in [1.165, 1.54) is 18.9 Å². The number of hydrogen-bond donors (Lipinski definition) is 2. The second-order valence-corrected chi connectivity index (χ2v) is 5.94. The van der Waals surface area contributed by atoms with Crippen LogP contribution in [0.4, 0.5) is 10.1 Å². The summed E-state index contributed by atoms with van der Waals surface area (Å²) in [6.07, 6.45) is 4.29. The van der Waals surface area contributed by atoms with E-state index in [9.17, 15) is 9.50 Å². The van der Waals surface area contributed by atoms with E-state index in [4.69, 9.17) is 0 Å². The van der Waals surface area contributed by atoms with Crippen LogP contribution in [-0.2, 0) is 0 Å². The number of fused-ring (bicyclic) bond motifs is 1. The lowest BCUT2D eigenvalue weighted by molar-refractivity contribution is 0.123. The molecule has 3 nitrogen and oxygen atoms in total. The summed E-state index contributed by atoms with van der Waals surface area (Å²) in [6.45, 7) is 2.35. The Morgan fingerprint density at radius 3 is 2.90 bits per heavy atom. The van der Waals surface area contributed by atoms with Crippen LogP contribution in [0.15, 0.2) is 24.3 Å². The van der Waals surface area contributed by atoms with E-state index in [1.54, 1.807) is 6.07 Å². The van der Waals surface area contributed by atoms with Crippen LogP contribution in [0.1, 0.15) is 31.4 Å². The maximum Gasteiger partial charge on any atom is 0.149 e. The predicted octanol–water partition coefficient (Wildman–Crippen LogP) is 3.65. The van der Waals surface area contributed by atoms with Crippen LogP contribution in [-0.4, -0.2) is 22.7 Å². The number of pyridine rings is 1. The fourth-order valence-corrected chi connectivity index (χ4v) is 3.21. The molecule has 2 N–H and O–H groups in total. The van der Waals surface area contributed by atoms with Crippen LogP contribution < -0.4 is 5.32 Å². The first kappa shape index (κ1) is 14.3. The van der Waals surface area contributed by atoms with Crippen molar-refractivity contribution in [2.24, 2.45) is 5.92 Å². The molecule has 2 aromatic rings. The molecule has 0 bridgehead atoms. The minimum atomic E-state index is -0.343. The van der Waals surface area contributed by atoms with E-state index in [2.05, 4.69) is 10.3 Å². The van der Waals surface area contributed by atoms with Crippen LogP contribution in [0.5, 0.6) is 0 Å². The van der Waals surface area contributed by atoms with Crippen molar-refractivity contribution in [2.45, 2.75) is 38.7 Å². The summed E-state index contributed by atoms with van der Waals surface area (Å²) < 4.78 is 13.9. The summed E-state index contributed by atoms with van der Waals surface area (Å²) in [4.78, 5) is 4.26. The Balaban J connectivity index is 1.81. The van der Waals surface area contributed by atoms with Crippen LogP contribution in [0.3, 0.4) is 0 Å². The average molecular weight is 288 g/mol. The zero-order valence-electron chi connectivity index (χ0n) is 12.3. The van der Waals surface area contributed by atoms with Crippen molar-refractivity contribution in [3.8, 4) is 0 Å². The fraction of sp³-hybridized carbons (Fsp3) is 0.471. The minimum absolute atomic E-state index is 0.310. The topological polar surface area (TPSA) is 45.1 Å². The van der Waals surface area contributed by atoms with E-state index in [-0.39, 0.29) is 11.9 Å². The third-order valence-corrected chi connectivity index (χ3v) is 4.36. The highest BCUT2D eigenvalue weighted by Gasteiger charge is 2.23. The first-order valence-electron chi connectivity index (χ1n) is 7.63. The molecule has 1 heterocycles. The van der Waals surface area contributed by atoms with Crippen LogP contribution in [0, 0.1) is 18.7 Å². The number of benzene rings is 1. The zero-order valence-corrected chi connectivity index (χ0v) is 12.3. The molecule has 0 spiro atoms. The lowest BCUT2D eigenvalue weighted by atomic mass is 10.0. The second-order valence-electron chi connectivity index (χ2n) is 5.94. The number of nitrogens with zero attached hydrogens (tertiary/aromatic N) is 1. The molecule has 0 aliphatic heterocycles. The quantitative estimate of drug-likeness (QED) is 0.902. The largest absolute Gasteiger partial charge is 0.391 e. The molecular weight excluding hydrogens is 267 g/mol. The molecule has 0 radical (unpaired) electrons. The molecule has 112 valence electrons.